The summed E-state index contributed by atoms with van der Waals surface area (Å²) in [6.45, 7) is 0.109. The molecule has 2 N–H and O–H groups in total. The van der Waals surface area contributed by atoms with E-state index in [2.05, 4.69) is 10.0 Å². The number of aliphatic hydroxyl groups is 2. The van der Waals surface area contributed by atoms with Crippen molar-refractivity contribution in [1.82, 2.24) is 0 Å². The van der Waals surface area contributed by atoms with Gasteiger partial charge in [0.2, 0.25) is 0 Å². The van der Waals surface area contributed by atoms with Crippen molar-refractivity contribution in [1.29, 1.82) is 0 Å². The van der Waals surface area contributed by atoms with Crippen LogP contribution >= 0.6 is 11.6 Å². The molecule has 7 heteroatoms. The van der Waals surface area contributed by atoms with Gasteiger partial charge in [0.25, 0.3) is 0 Å². The van der Waals surface area contributed by atoms with Crippen molar-refractivity contribution in [3.63, 3.8) is 0 Å². The monoisotopic (exact) mass is 283 g/mol. The van der Waals surface area contributed by atoms with Crippen molar-refractivity contribution in [3.8, 4) is 0 Å². The van der Waals surface area contributed by atoms with Crippen LogP contribution in [0, 0.1) is 0 Å². The van der Waals surface area contributed by atoms with E-state index in [9.17, 15) is 15.0 Å². The molecule has 1 aromatic carbocycles. The van der Waals surface area contributed by atoms with Crippen LogP contribution in [0.3, 0.4) is 0 Å². The first-order valence-electron chi connectivity index (χ1n) is 5.66. The molecule has 0 amide bonds. The van der Waals surface area contributed by atoms with Crippen molar-refractivity contribution < 1.29 is 15.0 Å². The SMILES string of the molecule is [N-]=[N+]=NCCC(O)C(O)c1ccc(C(=O)CCl)cc1. The Kier molecular flexibility index (Phi) is 6.32. The number of nitrogens with zero attached hydrogens (tertiary/aromatic N) is 3. The quantitative estimate of drug-likeness (QED) is 0.263. The predicted octanol–water partition coefficient (Wildman–Crippen LogP) is 2.20. The van der Waals surface area contributed by atoms with E-state index in [1.165, 1.54) is 0 Å². The lowest BCUT2D eigenvalue weighted by atomic mass is 10.00. The van der Waals surface area contributed by atoms with E-state index in [1.54, 1.807) is 24.3 Å². The van der Waals surface area contributed by atoms with Gasteiger partial charge in [0.1, 0.15) is 6.10 Å². The highest BCUT2D eigenvalue weighted by molar-refractivity contribution is 6.30. The fraction of sp³-hybridized carbons (Fsp3) is 0.417. The van der Waals surface area contributed by atoms with Crippen LogP contribution in [0.4, 0.5) is 0 Å². The summed E-state index contributed by atoms with van der Waals surface area (Å²) in [5, 5.41) is 22.9. The number of halogens is 1. The van der Waals surface area contributed by atoms with Crippen LogP contribution in [-0.4, -0.2) is 34.5 Å². The summed E-state index contributed by atoms with van der Waals surface area (Å²) >= 11 is 5.43. The molecule has 0 aromatic heterocycles. The molecular weight excluding hydrogens is 270 g/mol. The Labute approximate surface area is 115 Å². The molecule has 1 rings (SSSR count). The smallest absolute Gasteiger partial charge is 0.177 e. The van der Waals surface area contributed by atoms with Crippen molar-refractivity contribution in [3.05, 3.63) is 45.8 Å². The molecule has 1 aromatic rings. The zero-order chi connectivity index (χ0) is 14.3. The normalized spacial score (nSPS) is 13.4. The van der Waals surface area contributed by atoms with Gasteiger partial charge in [0.15, 0.2) is 5.78 Å². The van der Waals surface area contributed by atoms with E-state index in [0.717, 1.165) is 0 Å². The minimum Gasteiger partial charge on any atom is -0.390 e. The second-order valence-electron chi connectivity index (χ2n) is 3.93. The molecule has 0 radical (unpaired) electrons. The summed E-state index contributed by atoms with van der Waals surface area (Å²) in [4.78, 5) is 13.9. The molecule has 0 fully saturated rings. The van der Waals surface area contributed by atoms with Crippen molar-refractivity contribution in [2.75, 3.05) is 12.4 Å². The van der Waals surface area contributed by atoms with E-state index in [4.69, 9.17) is 17.1 Å². The third-order valence-electron chi connectivity index (χ3n) is 2.65. The van der Waals surface area contributed by atoms with Gasteiger partial charge in [-0.25, -0.2) is 0 Å². The van der Waals surface area contributed by atoms with Crippen LogP contribution in [0.2, 0.25) is 0 Å². The zero-order valence-corrected chi connectivity index (χ0v) is 10.9. The first-order valence-corrected chi connectivity index (χ1v) is 6.19. The highest BCUT2D eigenvalue weighted by atomic mass is 35.5. The molecule has 6 nitrogen and oxygen atoms in total. The van der Waals surface area contributed by atoms with Gasteiger partial charge in [-0.1, -0.05) is 29.4 Å². The molecule has 0 heterocycles. The minimum atomic E-state index is -1.09. The average molecular weight is 284 g/mol. The topological polar surface area (TPSA) is 106 Å². The van der Waals surface area contributed by atoms with Gasteiger partial charge in [0, 0.05) is 17.0 Å². The maximum Gasteiger partial charge on any atom is 0.177 e. The average Bonchev–Trinajstić information content (AvgIpc) is 2.46. The molecule has 0 saturated heterocycles. The highest BCUT2D eigenvalue weighted by Crippen LogP contribution is 2.19. The first-order chi connectivity index (χ1) is 9.10. The number of aliphatic hydroxyl groups excluding tert-OH is 2. The lowest BCUT2D eigenvalue weighted by Crippen LogP contribution is -2.19. The third-order valence-corrected chi connectivity index (χ3v) is 2.89. The number of azide groups is 1. The summed E-state index contributed by atoms with van der Waals surface area (Å²) in [5.41, 5.74) is 9.05. The van der Waals surface area contributed by atoms with E-state index >= 15 is 0 Å². The Morgan fingerprint density at radius 1 is 1.37 bits per heavy atom. The third kappa shape index (κ3) is 4.54. The van der Waals surface area contributed by atoms with Gasteiger partial charge in [-0.05, 0) is 17.5 Å². The largest absolute Gasteiger partial charge is 0.390 e. The van der Waals surface area contributed by atoms with Crippen molar-refractivity contribution >= 4 is 17.4 Å². The second kappa shape index (κ2) is 7.76. The molecule has 19 heavy (non-hydrogen) atoms. The fourth-order valence-electron chi connectivity index (χ4n) is 1.56. The number of carbonyl (C=O) groups is 1. The van der Waals surface area contributed by atoms with Gasteiger partial charge in [-0.2, -0.15) is 0 Å². The van der Waals surface area contributed by atoms with E-state index in [0.29, 0.717) is 11.1 Å². The van der Waals surface area contributed by atoms with E-state index in [1.807, 2.05) is 0 Å². The van der Waals surface area contributed by atoms with Gasteiger partial charge >= 0.3 is 0 Å². The maximum absolute atomic E-state index is 11.3. The standard InChI is InChI=1S/C12H14ClN3O3/c13-7-11(18)8-1-3-9(4-2-8)12(19)10(17)5-6-15-16-14/h1-4,10,12,17,19H,5-7H2. The summed E-state index contributed by atoms with van der Waals surface area (Å²) < 4.78 is 0. The zero-order valence-electron chi connectivity index (χ0n) is 10.1. The molecule has 0 aliphatic rings. The fourth-order valence-corrected chi connectivity index (χ4v) is 1.71. The Hall–Kier alpha value is -1.59. The molecular formula is C12H14ClN3O3. The lowest BCUT2D eigenvalue weighted by molar-refractivity contribution is 0.0150. The van der Waals surface area contributed by atoms with Crippen LogP contribution in [0.15, 0.2) is 29.4 Å². The molecule has 0 aliphatic carbocycles. The Balaban J connectivity index is 2.68. The maximum atomic E-state index is 11.3. The highest BCUT2D eigenvalue weighted by Gasteiger charge is 2.18. The van der Waals surface area contributed by atoms with Gasteiger partial charge in [-0.15, -0.1) is 11.6 Å². The van der Waals surface area contributed by atoms with Crippen LogP contribution in [0.1, 0.15) is 28.4 Å². The van der Waals surface area contributed by atoms with Crippen LogP contribution in [-0.2, 0) is 0 Å². The number of rotatable bonds is 7. The summed E-state index contributed by atoms with van der Waals surface area (Å²) in [6, 6.07) is 6.20. The second-order valence-corrected chi connectivity index (χ2v) is 4.20. The molecule has 0 bridgehead atoms. The molecule has 2 unspecified atom stereocenters. The molecule has 2 atom stereocenters. The number of hydrogen-bond acceptors (Lipinski definition) is 4. The van der Waals surface area contributed by atoms with Gasteiger partial charge in [0.05, 0.1) is 12.0 Å². The van der Waals surface area contributed by atoms with Crippen LogP contribution < -0.4 is 0 Å². The molecule has 0 aliphatic heterocycles. The van der Waals surface area contributed by atoms with Crippen LogP contribution in [0.5, 0.6) is 0 Å². The molecule has 0 saturated carbocycles. The Morgan fingerprint density at radius 2 is 2.00 bits per heavy atom. The van der Waals surface area contributed by atoms with Crippen molar-refractivity contribution in [2.45, 2.75) is 18.6 Å². The Bertz CT molecular complexity index is 472. The van der Waals surface area contributed by atoms with Gasteiger partial charge < -0.3 is 10.2 Å². The first kappa shape index (κ1) is 15.5. The number of benzene rings is 1. The number of carbonyl (C=O) groups excluding carboxylic acids is 1. The lowest BCUT2D eigenvalue weighted by Gasteiger charge is -2.17. The summed E-state index contributed by atoms with van der Waals surface area (Å²) in [5.74, 6) is -0.303. The molecule has 102 valence electrons. The van der Waals surface area contributed by atoms with E-state index in [-0.39, 0.29) is 24.6 Å². The summed E-state index contributed by atoms with van der Waals surface area (Å²) in [7, 11) is 0. The summed E-state index contributed by atoms with van der Waals surface area (Å²) in [6.07, 6.45) is -1.96. The number of hydrogen-bond donors (Lipinski definition) is 2. The van der Waals surface area contributed by atoms with Crippen molar-refractivity contribution in [2.24, 2.45) is 5.11 Å². The number of Topliss-reactive ketones (excluding diaryl/α,β-unsaturated/α-hetero) is 1. The van der Waals surface area contributed by atoms with E-state index < -0.39 is 12.2 Å². The van der Waals surface area contributed by atoms with Gasteiger partial charge in [-0.3, -0.25) is 4.79 Å². The van der Waals surface area contributed by atoms with Crippen LogP contribution in [0.25, 0.3) is 10.4 Å². The Morgan fingerprint density at radius 3 is 2.53 bits per heavy atom. The predicted molar refractivity (Wildman–Crippen MR) is 71.1 cm³/mol. The molecule has 0 spiro atoms. The number of alkyl halides is 1. The minimum absolute atomic E-state index is 0.101. The number of ketones is 1.